The minimum absolute atomic E-state index is 0.0370. The summed E-state index contributed by atoms with van der Waals surface area (Å²) in [7, 11) is 1.67. The Morgan fingerprint density at radius 2 is 2.09 bits per heavy atom. The molecule has 0 aliphatic carbocycles. The summed E-state index contributed by atoms with van der Waals surface area (Å²) in [6.45, 7) is 4.13. The van der Waals surface area contributed by atoms with E-state index in [1.165, 1.54) is 0 Å². The van der Waals surface area contributed by atoms with E-state index in [2.05, 4.69) is 0 Å². The minimum Gasteiger partial charge on any atom is -0.396 e. The highest BCUT2D eigenvalue weighted by Crippen LogP contribution is 2.15. The molecule has 0 fully saturated rings. The topological polar surface area (TPSA) is 55.5 Å². The van der Waals surface area contributed by atoms with Crippen LogP contribution in [0.3, 0.4) is 0 Å². The summed E-state index contributed by atoms with van der Waals surface area (Å²) in [5.74, 6) is 0. The van der Waals surface area contributed by atoms with Crippen molar-refractivity contribution in [1.29, 1.82) is 0 Å². The van der Waals surface area contributed by atoms with E-state index in [0.29, 0.717) is 6.42 Å². The van der Waals surface area contributed by atoms with Crippen LogP contribution in [0.1, 0.15) is 26.7 Å². The van der Waals surface area contributed by atoms with Gasteiger partial charge in [0, 0.05) is 19.8 Å². The summed E-state index contributed by atoms with van der Waals surface area (Å²) >= 11 is 0. The second kappa shape index (κ2) is 4.70. The molecule has 0 aliphatic rings. The maximum absolute atomic E-state index is 8.59. The zero-order valence-corrected chi connectivity index (χ0v) is 7.63. The molecule has 0 radical (unpaired) electrons. The molecule has 1 unspecified atom stereocenters. The normalized spacial score (nSPS) is 15.0. The molecule has 3 N–H and O–H groups in total. The van der Waals surface area contributed by atoms with E-state index in [0.717, 1.165) is 6.42 Å². The fraction of sp³-hybridized carbons (Fsp3) is 1.00. The summed E-state index contributed by atoms with van der Waals surface area (Å²) in [5, 5.41) is 8.59. The van der Waals surface area contributed by atoms with Crippen LogP contribution in [0.15, 0.2) is 0 Å². The first-order valence-corrected chi connectivity index (χ1v) is 3.93. The minimum atomic E-state index is -0.172. The predicted molar refractivity (Wildman–Crippen MR) is 45.4 cm³/mol. The lowest BCUT2D eigenvalue weighted by atomic mass is 9.98. The number of ether oxygens (including phenoxy) is 1. The Hall–Kier alpha value is -0.120. The van der Waals surface area contributed by atoms with Gasteiger partial charge in [-0.05, 0) is 26.7 Å². The number of aliphatic hydroxyl groups excluding tert-OH is 1. The third-order valence-corrected chi connectivity index (χ3v) is 1.81. The van der Waals surface area contributed by atoms with Crippen LogP contribution >= 0.6 is 0 Å². The van der Waals surface area contributed by atoms with Crippen LogP contribution in [0.5, 0.6) is 0 Å². The molecule has 0 spiro atoms. The second-order valence-corrected chi connectivity index (χ2v) is 3.44. The van der Waals surface area contributed by atoms with Crippen LogP contribution < -0.4 is 5.73 Å². The molecule has 1 atom stereocenters. The molecule has 0 aliphatic heterocycles. The molecule has 0 heterocycles. The van der Waals surface area contributed by atoms with Gasteiger partial charge in [0.15, 0.2) is 0 Å². The van der Waals surface area contributed by atoms with Crippen LogP contribution in [0.4, 0.5) is 0 Å². The van der Waals surface area contributed by atoms with E-state index in [4.69, 9.17) is 15.6 Å². The third-order valence-electron chi connectivity index (χ3n) is 1.81. The SMILES string of the molecule is COC(C)(C)CC(N)CCO. The quantitative estimate of drug-likeness (QED) is 0.617. The smallest absolute Gasteiger partial charge is 0.0637 e. The first kappa shape index (κ1) is 10.9. The fourth-order valence-electron chi connectivity index (χ4n) is 0.983. The van der Waals surface area contributed by atoms with E-state index < -0.39 is 0 Å². The Balaban J connectivity index is 3.64. The average Bonchev–Trinajstić information content (AvgIpc) is 1.87. The van der Waals surface area contributed by atoms with E-state index in [-0.39, 0.29) is 18.2 Å². The highest BCUT2D eigenvalue weighted by atomic mass is 16.5. The summed E-state index contributed by atoms with van der Waals surface area (Å²) in [4.78, 5) is 0. The van der Waals surface area contributed by atoms with Gasteiger partial charge < -0.3 is 15.6 Å². The van der Waals surface area contributed by atoms with Gasteiger partial charge in [-0.1, -0.05) is 0 Å². The van der Waals surface area contributed by atoms with E-state index in [1.807, 2.05) is 13.8 Å². The third kappa shape index (κ3) is 5.18. The van der Waals surface area contributed by atoms with Gasteiger partial charge >= 0.3 is 0 Å². The lowest BCUT2D eigenvalue weighted by Crippen LogP contribution is -2.34. The molecule has 0 amide bonds. The molecule has 0 rings (SSSR count). The zero-order chi connectivity index (χ0) is 8.91. The van der Waals surface area contributed by atoms with E-state index >= 15 is 0 Å². The van der Waals surface area contributed by atoms with Gasteiger partial charge in [-0.15, -0.1) is 0 Å². The Morgan fingerprint density at radius 1 is 1.55 bits per heavy atom. The first-order chi connectivity index (χ1) is 5.02. The van der Waals surface area contributed by atoms with Gasteiger partial charge in [-0.25, -0.2) is 0 Å². The van der Waals surface area contributed by atoms with E-state index in [9.17, 15) is 0 Å². The van der Waals surface area contributed by atoms with Gasteiger partial charge in [0.05, 0.1) is 5.60 Å². The van der Waals surface area contributed by atoms with Crippen molar-refractivity contribution in [2.75, 3.05) is 13.7 Å². The van der Waals surface area contributed by atoms with Gasteiger partial charge in [0.1, 0.15) is 0 Å². The van der Waals surface area contributed by atoms with Crippen molar-refractivity contribution in [2.45, 2.75) is 38.3 Å². The fourth-order valence-corrected chi connectivity index (χ4v) is 0.983. The van der Waals surface area contributed by atoms with Crippen molar-refractivity contribution in [3.63, 3.8) is 0 Å². The van der Waals surface area contributed by atoms with Crippen LogP contribution in [0, 0.1) is 0 Å². The Kier molecular flexibility index (Phi) is 4.65. The molecule has 68 valence electrons. The molecular weight excluding hydrogens is 142 g/mol. The van der Waals surface area contributed by atoms with Crippen LogP contribution in [0.25, 0.3) is 0 Å². The Labute approximate surface area is 68.5 Å². The lowest BCUT2D eigenvalue weighted by molar-refractivity contribution is 0.00851. The molecule has 0 aromatic heterocycles. The number of nitrogens with two attached hydrogens (primary N) is 1. The largest absolute Gasteiger partial charge is 0.396 e. The number of aliphatic hydroxyl groups is 1. The van der Waals surface area contributed by atoms with Crippen molar-refractivity contribution in [3.8, 4) is 0 Å². The number of methoxy groups -OCH3 is 1. The molecule has 0 aromatic carbocycles. The van der Waals surface area contributed by atoms with Crippen LogP contribution in [0.2, 0.25) is 0 Å². The molecule has 11 heavy (non-hydrogen) atoms. The van der Waals surface area contributed by atoms with Crippen molar-refractivity contribution in [1.82, 2.24) is 0 Å². The Bertz CT molecular complexity index is 104. The van der Waals surface area contributed by atoms with E-state index in [1.54, 1.807) is 7.11 Å². The monoisotopic (exact) mass is 161 g/mol. The molecule has 0 bridgehead atoms. The summed E-state index contributed by atoms with van der Waals surface area (Å²) in [6.07, 6.45) is 1.43. The van der Waals surface area contributed by atoms with Crippen molar-refractivity contribution < 1.29 is 9.84 Å². The maximum atomic E-state index is 8.59. The standard InChI is InChI=1S/C8H19NO2/c1-8(2,11-3)6-7(9)4-5-10/h7,10H,4-6,9H2,1-3H3. The molecular formula is C8H19NO2. The zero-order valence-electron chi connectivity index (χ0n) is 7.63. The van der Waals surface area contributed by atoms with Gasteiger partial charge in [-0.2, -0.15) is 0 Å². The molecule has 0 aromatic rings. The highest BCUT2D eigenvalue weighted by molar-refractivity contribution is 4.75. The number of hydrogen-bond acceptors (Lipinski definition) is 3. The molecule has 3 nitrogen and oxygen atoms in total. The lowest BCUT2D eigenvalue weighted by Gasteiger charge is -2.26. The first-order valence-electron chi connectivity index (χ1n) is 3.93. The maximum Gasteiger partial charge on any atom is 0.0637 e. The summed E-state index contributed by atoms with van der Waals surface area (Å²) in [6, 6.07) is 0.0370. The van der Waals surface area contributed by atoms with Crippen LogP contribution in [-0.2, 0) is 4.74 Å². The van der Waals surface area contributed by atoms with Gasteiger partial charge in [0.25, 0.3) is 0 Å². The Morgan fingerprint density at radius 3 is 2.45 bits per heavy atom. The van der Waals surface area contributed by atoms with Crippen molar-refractivity contribution in [3.05, 3.63) is 0 Å². The van der Waals surface area contributed by atoms with Crippen molar-refractivity contribution in [2.24, 2.45) is 5.73 Å². The molecule has 0 saturated heterocycles. The second-order valence-electron chi connectivity index (χ2n) is 3.44. The van der Waals surface area contributed by atoms with Gasteiger partial charge in [-0.3, -0.25) is 0 Å². The van der Waals surface area contributed by atoms with Crippen molar-refractivity contribution >= 4 is 0 Å². The molecule has 0 saturated carbocycles. The summed E-state index contributed by atoms with van der Waals surface area (Å²) < 4.78 is 5.19. The average molecular weight is 161 g/mol. The molecule has 3 heteroatoms. The number of rotatable bonds is 5. The summed E-state index contributed by atoms with van der Waals surface area (Å²) in [5.41, 5.74) is 5.53. The van der Waals surface area contributed by atoms with Gasteiger partial charge in [0.2, 0.25) is 0 Å². The predicted octanol–water partition coefficient (Wildman–Crippen LogP) is 0.511. The number of hydrogen-bond donors (Lipinski definition) is 2. The van der Waals surface area contributed by atoms with Crippen LogP contribution in [-0.4, -0.2) is 30.5 Å². The highest BCUT2D eigenvalue weighted by Gasteiger charge is 2.19.